The molecule has 1 fully saturated rings. The molecule has 5 nitrogen and oxygen atoms in total. The lowest BCUT2D eigenvalue weighted by molar-refractivity contribution is 0.270. The molecule has 23 heavy (non-hydrogen) atoms. The molecule has 1 aromatic carbocycles. The topological polar surface area (TPSA) is 44.3 Å². The van der Waals surface area contributed by atoms with Crippen LogP contribution in [0.15, 0.2) is 30.3 Å². The molecule has 1 N–H and O–H groups in total. The van der Waals surface area contributed by atoms with E-state index in [0.29, 0.717) is 5.02 Å². The van der Waals surface area contributed by atoms with E-state index in [-0.39, 0.29) is 0 Å². The molecule has 0 saturated carbocycles. The zero-order valence-electron chi connectivity index (χ0n) is 13.6. The van der Waals surface area contributed by atoms with E-state index >= 15 is 0 Å². The molecular formula is C17H22ClN5. The number of halogens is 1. The zero-order chi connectivity index (χ0) is 16.2. The number of likely N-dealkylation sites (N-methyl/N-ethyl adjacent to an activating group) is 1. The van der Waals surface area contributed by atoms with Crippen LogP contribution < -0.4 is 10.2 Å². The Bertz CT molecular complexity index is 668. The fourth-order valence-electron chi connectivity index (χ4n) is 2.72. The molecule has 3 rings (SSSR count). The van der Waals surface area contributed by atoms with Gasteiger partial charge in [-0.3, -0.25) is 0 Å². The fraction of sp³-hybridized carbons (Fsp3) is 0.412. The maximum absolute atomic E-state index is 6.21. The van der Waals surface area contributed by atoms with Gasteiger partial charge in [-0.15, -0.1) is 0 Å². The highest BCUT2D eigenvalue weighted by molar-refractivity contribution is 6.33. The standard InChI is InChI=1S/C17H22ClN5/c1-3-22-8-10-23(11-9-22)17-19-13(2)12-16(21-17)20-15-7-5-4-6-14(15)18/h4-7,12H,3,8-11H2,1-2H3,(H,19,20,21). The number of para-hydroxylation sites is 1. The summed E-state index contributed by atoms with van der Waals surface area (Å²) in [6, 6.07) is 9.61. The number of benzene rings is 1. The van der Waals surface area contributed by atoms with Crippen LogP contribution in [0.3, 0.4) is 0 Å². The fourth-order valence-corrected chi connectivity index (χ4v) is 2.91. The molecule has 2 heterocycles. The third-order valence-corrected chi connectivity index (χ3v) is 4.41. The van der Waals surface area contributed by atoms with Crippen LogP contribution in [-0.2, 0) is 0 Å². The first kappa shape index (κ1) is 16.0. The van der Waals surface area contributed by atoms with Gasteiger partial charge in [0.05, 0.1) is 10.7 Å². The second-order valence-electron chi connectivity index (χ2n) is 5.72. The molecule has 0 aliphatic carbocycles. The molecule has 0 unspecified atom stereocenters. The van der Waals surface area contributed by atoms with E-state index in [4.69, 9.17) is 11.6 Å². The summed E-state index contributed by atoms with van der Waals surface area (Å²) in [5, 5.41) is 3.97. The van der Waals surface area contributed by atoms with Gasteiger partial charge in [0.1, 0.15) is 5.82 Å². The Balaban J connectivity index is 1.78. The number of nitrogens with zero attached hydrogens (tertiary/aromatic N) is 4. The molecule has 122 valence electrons. The monoisotopic (exact) mass is 331 g/mol. The SMILES string of the molecule is CCN1CCN(c2nc(C)cc(Nc3ccccc3Cl)n2)CC1. The van der Waals surface area contributed by atoms with Gasteiger partial charge in [0.25, 0.3) is 0 Å². The summed E-state index contributed by atoms with van der Waals surface area (Å²) < 4.78 is 0. The van der Waals surface area contributed by atoms with Gasteiger partial charge in [-0.2, -0.15) is 4.98 Å². The minimum Gasteiger partial charge on any atom is -0.339 e. The number of aromatic nitrogens is 2. The Hall–Kier alpha value is -1.85. The minimum absolute atomic E-state index is 0.682. The van der Waals surface area contributed by atoms with E-state index in [9.17, 15) is 0 Å². The van der Waals surface area contributed by atoms with E-state index in [2.05, 4.69) is 32.0 Å². The van der Waals surface area contributed by atoms with Crippen LogP contribution in [0, 0.1) is 6.92 Å². The molecule has 1 aromatic heterocycles. The minimum atomic E-state index is 0.682. The number of nitrogens with one attached hydrogen (secondary N) is 1. The summed E-state index contributed by atoms with van der Waals surface area (Å²) in [5.41, 5.74) is 1.80. The van der Waals surface area contributed by atoms with Crippen molar-refractivity contribution in [2.75, 3.05) is 42.9 Å². The Morgan fingerprint density at radius 1 is 1.13 bits per heavy atom. The third kappa shape index (κ3) is 3.92. The number of rotatable bonds is 4. The molecule has 1 saturated heterocycles. The van der Waals surface area contributed by atoms with Gasteiger partial charge in [-0.25, -0.2) is 4.98 Å². The van der Waals surface area contributed by atoms with Gasteiger partial charge in [0.15, 0.2) is 0 Å². The average molecular weight is 332 g/mol. The molecule has 1 aliphatic heterocycles. The average Bonchev–Trinajstić information content (AvgIpc) is 2.56. The van der Waals surface area contributed by atoms with E-state index in [0.717, 1.165) is 55.9 Å². The van der Waals surface area contributed by atoms with Crippen molar-refractivity contribution in [1.29, 1.82) is 0 Å². The number of hydrogen-bond acceptors (Lipinski definition) is 5. The van der Waals surface area contributed by atoms with Crippen molar-refractivity contribution in [2.24, 2.45) is 0 Å². The highest BCUT2D eigenvalue weighted by Gasteiger charge is 2.18. The summed E-state index contributed by atoms with van der Waals surface area (Å²) in [5.74, 6) is 1.56. The van der Waals surface area contributed by atoms with Crippen molar-refractivity contribution in [1.82, 2.24) is 14.9 Å². The Kier molecular flexibility index (Phi) is 4.98. The molecule has 0 amide bonds. The molecule has 0 radical (unpaired) electrons. The Labute approximate surface area is 142 Å². The zero-order valence-corrected chi connectivity index (χ0v) is 14.3. The molecule has 0 atom stereocenters. The highest BCUT2D eigenvalue weighted by Crippen LogP contribution is 2.25. The predicted molar refractivity (Wildman–Crippen MR) is 95.8 cm³/mol. The van der Waals surface area contributed by atoms with Crippen LogP contribution >= 0.6 is 11.6 Å². The number of hydrogen-bond donors (Lipinski definition) is 1. The molecule has 0 bridgehead atoms. The van der Waals surface area contributed by atoms with Crippen molar-refractivity contribution >= 4 is 29.1 Å². The van der Waals surface area contributed by atoms with E-state index in [1.807, 2.05) is 37.3 Å². The van der Waals surface area contributed by atoms with E-state index < -0.39 is 0 Å². The molecular weight excluding hydrogens is 310 g/mol. The predicted octanol–water partition coefficient (Wildman–Crippen LogP) is 3.32. The van der Waals surface area contributed by atoms with Crippen molar-refractivity contribution in [2.45, 2.75) is 13.8 Å². The maximum atomic E-state index is 6.21. The Morgan fingerprint density at radius 3 is 2.57 bits per heavy atom. The van der Waals surface area contributed by atoms with Gasteiger partial charge in [-0.1, -0.05) is 30.7 Å². The smallest absolute Gasteiger partial charge is 0.227 e. The lowest BCUT2D eigenvalue weighted by Gasteiger charge is -2.34. The van der Waals surface area contributed by atoms with Crippen LogP contribution in [0.2, 0.25) is 5.02 Å². The first-order valence-corrected chi connectivity index (χ1v) is 8.38. The van der Waals surface area contributed by atoms with Gasteiger partial charge in [0.2, 0.25) is 5.95 Å². The third-order valence-electron chi connectivity index (χ3n) is 4.08. The van der Waals surface area contributed by atoms with E-state index in [1.165, 1.54) is 0 Å². The lowest BCUT2D eigenvalue weighted by atomic mass is 10.3. The maximum Gasteiger partial charge on any atom is 0.227 e. The summed E-state index contributed by atoms with van der Waals surface area (Å²) in [7, 11) is 0. The van der Waals surface area contributed by atoms with Gasteiger partial charge < -0.3 is 15.1 Å². The summed E-state index contributed by atoms with van der Waals surface area (Å²) in [6.07, 6.45) is 0. The lowest BCUT2D eigenvalue weighted by Crippen LogP contribution is -2.46. The highest BCUT2D eigenvalue weighted by atomic mass is 35.5. The largest absolute Gasteiger partial charge is 0.339 e. The van der Waals surface area contributed by atoms with Gasteiger partial charge >= 0.3 is 0 Å². The molecule has 0 spiro atoms. The van der Waals surface area contributed by atoms with Crippen molar-refractivity contribution in [3.63, 3.8) is 0 Å². The normalized spacial score (nSPS) is 15.7. The van der Waals surface area contributed by atoms with Crippen LogP contribution in [0.4, 0.5) is 17.5 Å². The second kappa shape index (κ2) is 7.15. The number of aryl methyl sites for hydroxylation is 1. The summed E-state index contributed by atoms with van der Waals surface area (Å²) in [6.45, 7) is 9.32. The molecule has 2 aromatic rings. The second-order valence-corrected chi connectivity index (χ2v) is 6.13. The number of anilines is 3. The van der Waals surface area contributed by atoms with Crippen LogP contribution in [0.1, 0.15) is 12.6 Å². The van der Waals surface area contributed by atoms with Gasteiger partial charge in [0, 0.05) is 37.9 Å². The Morgan fingerprint density at radius 2 is 1.87 bits per heavy atom. The summed E-state index contributed by atoms with van der Waals surface area (Å²) in [4.78, 5) is 14.0. The van der Waals surface area contributed by atoms with Crippen LogP contribution in [0.25, 0.3) is 0 Å². The molecule has 1 aliphatic rings. The first-order valence-electron chi connectivity index (χ1n) is 8.00. The van der Waals surface area contributed by atoms with E-state index in [1.54, 1.807) is 0 Å². The summed E-state index contributed by atoms with van der Waals surface area (Å²) >= 11 is 6.21. The first-order chi connectivity index (χ1) is 11.2. The van der Waals surface area contributed by atoms with Crippen molar-refractivity contribution in [3.8, 4) is 0 Å². The van der Waals surface area contributed by atoms with Crippen LogP contribution in [-0.4, -0.2) is 47.6 Å². The van der Waals surface area contributed by atoms with Crippen molar-refractivity contribution in [3.05, 3.63) is 41.0 Å². The number of piperazine rings is 1. The molecule has 6 heteroatoms. The quantitative estimate of drug-likeness (QED) is 0.931. The van der Waals surface area contributed by atoms with Crippen molar-refractivity contribution < 1.29 is 0 Å². The van der Waals surface area contributed by atoms with Crippen LogP contribution in [0.5, 0.6) is 0 Å². The van der Waals surface area contributed by atoms with Gasteiger partial charge in [-0.05, 0) is 25.6 Å².